The Balaban J connectivity index is 3.53. The zero-order valence-corrected chi connectivity index (χ0v) is 8.26. The highest BCUT2D eigenvalue weighted by Gasteiger charge is 2.11. The van der Waals surface area contributed by atoms with Crippen LogP contribution in [0.4, 0.5) is 0 Å². The van der Waals surface area contributed by atoms with Crippen molar-refractivity contribution in [2.24, 2.45) is 0 Å². The lowest BCUT2D eigenvalue weighted by Crippen LogP contribution is -2.21. The first-order chi connectivity index (χ1) is 5.56. The van der Waals surface area contributed by atoms with E-state index in [9.17, 15) is 4.79 Å². The summed E-state index contributed by atoms with van der Waals surface area (Å²) in [7, 11) is 0. The number of thioether (sulfide) groups is 1. The van der Waals surface area contributed by atoms with Gasteiger partial charge < -0.3 is 14.6 Å². The van der Waals surface area contributed by atoms with Crippen molar-refractivity contribution in [1.29, 1.82) is 0 Å². The van der Waals surface area contributed by atoms with Crippen LogP contribution < -0.4 is 0 Å². The Hall–Kier alpha value is -0.260. The molecule has 4 nitrogen and oxygen atoms in total. The number of ether oxygens (including phenoxy) is 2. The highest BCUT2D eigenvalue weighted by molar-refractivity contribution is 7.99. The van der Waals surface area contributed by atoms with Crippen LogP contribution in [0.2, 0.25) is 0 Å². The zero-order chi connectivity index (χ0) is 9.56. The van der Waals surface area contributed by atoms with Crippen LogP contribution >= 0.6 is 11.8 Å². The van der Waals surface area contributed by atoms with Gasteiger partial charge in [-0.05, 0) is 12.7 Å². The highest BCUT2D eigenvalue weighted by atomic mass is 32.2. The van der Waals surface area contributed by atoms with Gasteiger partial charge in [-0.2, -0.15) is 0 Å². The fourth-order valence-electron chi connectivity index (χ4n) is 0.607. The van der Waals surface area contributed by atoms with Gasteiger partial charge in [0, 0.05) is 6.92 Å². The molecule has 2 unspecified atom stereocenters. The molecule has 0 heterocycles. The Labute approximate surface area is 76.2 Å². The van der Waals surface area contributed by atoms with Crippen molar-refractivity contribution >= 4 is 17.7 Å². The van der Waals surface area contributed by atoms with Gasteiger partial charge in [0.2, 0.25) is 11.9 Å². The van der Waals surface area contributed by atoms with Gasteiger partial charge in [-0.3, -0.25) is 4.79 Å². The average molecular weight is 194 g/mol. The predicted octanol–water partition coefficient (Wildman–Crippen LogP) is 0.941. The SMILES string of the molecule is CCSC(O)OC(C)OC(C)=O. The van der Waals surface area contributed by atoms with Gasteiger partial charge in [0.25, 0.3) is 0 Å². The van der Waals surface area contributed by atoms with Crippen molar-refractivity contribution in [2.45, 2.75) is 32.7 Å². The minimum absolute atomic E-state index is 0.420. The van der Waals surface area contributed by atoms with E-state index in [-0.39, 0.29) is 0 Å². The Kier molecular flexibility index (Phi) is 6.14. The summed E-state index contributed by atoms with van der Waals surface area (Å²) in [5, 5.41) is 9.08. The molecule has 0 aliphatic rings. The third-order valence-corrected chi connectivity index (χ3v) is 1.68. The third-order valence-electron chi connectivity index (χ3n) is 0.949. The van der Waals surface area contributed by atoms with Crippen LogP contribution in [0.25, 0.3) is 0 Å². The minimum atomic E-state index is -0.927. The maximum Gasteiger partial charge on any atom is 0.304 e. The third kappa shape index (κ3) is 6.45. The first kappa shape index (κ1) is 11.7. The van der Waals surface area contributed by atoms with Crippen LogP contribution in [-0.2, 0) is 14.3 Å². The molecule has 0 saturated carbocycles. The van der Waals surface area contributed by atoms with Crippen LogP contribution in [0.3, 0.4) is 0 Å². The maximum atomic E-state index is 10.4. The van der Waals surface area contributed by atoms with Gasteiger partial charge in [-0.1, -0.05) is 6.92 Å². The number of carbonyl (C=O) groups excluding carboxylic acids is 1. The molecule has 0 amide bonds. The molecule has 2 atom stereocenters. The first-order valence-electron chi connectivity index (χ1n) is 3.68. The lowest BCUT2D eigenvalue weighted by atomic mass is 10.7. The molecule has 0 aromatic heterocycles. The van der Waals surface area contributed by atoms with E-state index in [1.165, 1.54) is 18.7 Å². The number of rotatable bonds is 5. The van der Waals surface area contributed by atoms with Crippen LogP contribution in [0.1, 0.15) is 20.8 Å². The molecular formula is C7H14O4S. The van der Waals surface area contributed by atoms with E-state index in [1.807, 2.05) is 6.92 Å². The van der Waals surface area contributed by atoms with E-state index in [1.54, 1.807) is 6.92 Å². The second-order valence-corrected chi connectivity index (χ2v) is 3.39. The largest absolute Gasteiger partial charge is 0.436 e. The number of hydrogen-bond donors (Lipinski definition) is 1. The molecule has 0 fully saturated rings. The van der Waals surface area contributed by atoms with Crippen molar-refractivity contribution < 1.29 is 19.4 Å². The molecule has 0 bridgehead atoms. The summed E-state index contributed by atoms with van der Waals surface area (Å²) in [6.45, 7) is 4.74. The molecular weight excluding hydrogens is 180 g/mol. The van der Waals surface area contributed by atoms with E-state index in [4.69, 9.17) is 9.84 Å². The van der Waals surface area contributed by atoms with Gasteiger partial charge in [0.05, 0.1) is 0 Å². The summed E-state index contributed by atoms with van der Waals surface area (Å²) in [4.78, 5) is 10.4. The molecule has 72 valence electrons. The van der Waals surface area contributed by atoms with E-state index < -0.39 is 17.9 Å². The first-order valence-corrected chi connectivity index (χ1v) is 4.73. The van der Waals surface area contributed by atoms with E-state index in [0.29, 0.717) is 0 Å². The van der Waals surface area contributed by atoms with Gasteiger partial charge in [-0.25, -0.2) is 0 Å². The Morgan fingerprint density at radius 3 is 2.67 bits per heavy atom. The van der Waals surface area contributed by atoms with Crippen LogP contribution in [0, 0.1) is 0 Å². The van der Waals surface area contributed by atoms with Gasteiger partial charge in [-0.15, -0.1) is 11.8 Å². The smallest absolute Gasteiger partial charge is 0.304 e. The maximum absolute atomic E-state index is 10.4. The summed E-state index contributed by atoms with van der Waals surface area (Å²) in [6.07, 6.45) is -0.698. The van der Waals surface area contributed by atoms with Crippen molar-refractivity contribution in [1.82, 2.24) is 0 Å². The molecule has 0 saturated heterocycles. The monoisotopic (exact) mass is 194 g/mol. The predicted molar refractivity (Wildman–Crippen MR) is 46.5 cm³/mol. The van der Waals surface area contributed by atoms with Crippen LogP contribution in [0.5, 0.6) is 0 Å². The number of aliphatic hydroxyl groups is 1. The van der Waals surface area contributed by atoms with E-state index >= 15 is 0 Å². The van der Waals surface area contributed by atoms with Gasteiger partial charge >= 0.3 is 5.97 Å². The van der Waals surface area contributed by atoms with Gasteiger partial charge in [0.15, 0.2) is 0 Å². The summed E-state index contributed by atoms with van der Waals surface area (Å²) in [5.41, 5.74) is -0.927. The number of hydrogen-bond acceptors (Lipinski definition) is 5. The summed E-state index contributed by atoms with van der Waals surface area (Å²) in [6, 6.07) is 0. The molecule has 1 N–H and O–H groups in total. The lowest BCUT2D eigenvalue weighted by molar-refractivity contribution is -0.195. The molecule has 0 rings (SSSR count). The normalized spacial score (nSPS) is 15.3. The quantitative estimate of drug-likeness (QED) is 0.521. The Bertz CT molecular complexity index is 139. The molecule has 12 heavy (non-hydrogen) atoms. The zero-order valence-electron chi connectivity index (χ0n) is 7.44. The minimum Gasteiger partial charge on any atom is -0.436 e. The highest BCUT2D eigenvalue weighted by Crippen LogP contribution is 2.11. The van der Waals surface area contributed by atoms with Crippen LogP contribution in [-0.4, -0.2) is 28.7 Å². The fourth-order valence-corrected chi connectivity index (χ4v) is 1.13. The molecule has 0 aromatic rings. The number of esters is 1. The van der Waals surface area contributed by atoms with E-state index in [0.717, 1.165) is 5.75 Å². The molecule has 0 aliphatic heterocycles. The van der Waals surface area contributed by atoms with Gasteiger partial charge in [0.1, 0.15) is 0 Å². The summed E-state index contributed by atoms with van der Waals surface area (Å²) in [5.74, 6) is 0.324. The molecule has 0 radical (unpaired) electrons. The lowest BCUT2D eigenvalue weighted by Gasteiger charge is -2.16. The van der Waals surface area contributed by atoms with Crippen molar-refractivity contribution in [2.75, 3.05) is 5.75 Å². The van der Waals surface area contributed by atoms with E-state index in [2.05, 4.69) is 4.74 Å². The fraction of sp³-hybridized carbons (Fsp3) is 0.857. The molecule has 5 heteroatoms. The molecule has 0 spiro atoms. The summed E-state index contributed by atoms with van der Waals surface area (Å²) >= 11 is 1.23. The average Bonchev–Trinajstić information content (AvgIpc) is 1.84. The Morgan fingerprint density at radius 1 is 1.67 bits per heavy atom. The van der Waals surface area contributed by atoms with Crippen molar-refractivity contribution in [3.63, 3.8) is 0 Å². The molecule has 0 aliphatic carbocycles. The molecule has 0 aromatic carbocycles. The Morgan fingerprint density at radius 2 is 2.25 bits per heavy atom. The second kappa shape index (κ2) is 6.28. The number of carbonyl (C=O) groups is 1. The standard InChI is InChI=1S/C7H14O4S/c1-4-12-7(9)11-6(3)10-5(2)8/h6-7,9H,4H2,1-3H3. The second-order valence-electron chi connectivity index (χ2n) is 2.08. The van der Waals surface area contributed by atoms with Crippen LogP contribution in [0.15, 0.2) is 0 Å². The summed E-state index contributed by atoms with van der Waals surface area (Å²) < 4.78 is 9.51. The van der Waals surface area contributed by atoms with Crippen molar-refractivity contribution in [3.8, 4) is 0 Å². The number of aliphatic hydroxyl groups excluding tert-OH is 1. The van der Waals surface area contributed by atoms with Crippen molar-refractivity contribution in [3.05, 3.63) is 0 Å². The topological polar surface area (TPSA) is 55.8 Å².